The van der Waals surface area contributed by atoms with Crippen LogP contribution in [0.1, 0.15) is 26.0 Å². The molecule has 1 fully saturated rings. The predicted molar refractivity (Wildman–Crippen MR) is 52.6 cm³/mol. The molecule has 0 radical (unpaired) electrons. The first-order chi connectivity index (χ1) is 6.09. The third-order valence-electron chi connectivity index (χ3n) is 2.71. The zero-order chi connectivity index (χ0) is 9.47. The molecular formula is C10H15N3. The Morgan fingerprint density at radius 2 is 2.00 bits per heavy atom. The average molecular weight is 177 g/mol. The lowest BCUT2D eigenvalue weighted by atomic mass is 10.2. The molecule has 0 aliphatic heterocycles. The Hall–Kier alpha value is -1.12. The largest absolute Gasteiger partial charge is 0.365 e. The Kier molecular flexibility index (Phi) is 1.75. The van der Waals surface area contributed by atoms with E-state index >= 15 is 0 Å². The molecule has 0 aromatic carbocycles. The van der Waals surface area contributed by atoms with Crippen LogP contribution in [0.15, 0.2) is 12.4 Å². The van der Waals surface area contributed by atoms with Gasteiger partial charge in [0.15, 0.2) is 0 Å². The Morgan fingerprint density at radius 1 is 1.38 bits per heavy atom. The van der Waals surface area contributed by atoms with Crippen LogP contribution in [0.2, 0.25) is 0 Å². The number of hydrogen-bond donors (Lipinski definition) is 1. The van der Waals surface area contributed by atoms with Gasteiger partial charge in [0.05, 0.1) is 5.69 Å². The molecule has 0 bridgehead atoms. The number of aromatic nitrogens is 2. The summed E-state index contributed by atoms with van der Waals surface area (Å²) in [6.07, 6.45) is 4.67. The molecule has 1 aliphatic rings. The number of aryl methyl sites for hydroxylation is 1. The monoisotopic (exact) mass is 177 g/mol. The second-order valence-corrected chi connectivity index (χ2v) is 4.38. The highest BCUT2D eigenvalue weighted by Gasteiger charge is 2.45. The van der Waals surface area contributed by atoms with Crippen molar-refractivity contribution in [2.24, 2.45) is 5.41 Å². The van der Waals surface area contributed by atoms with E-state index in [4.69, 9.17) is 0 Å². The molecule has 1 atom stereocenters. The molecule has 1 saturated carbocycles. The summed E-state index contributed by atoms with van der Waals surface area (Å²) in [5.41, 5.74) is 1.41. The second-order valence-electron chi connectivity index (χ2n) is 4.38. The van der Waals surface area contributed by atoms with Gasteiger partial charge in [0.2, 0.25) is 0 Å². The normalized spacial score (nSPS) is 24.1. The fraction of sp³-hybridized carbons (Fsp3) is 0.600. The van der Waals surface area contributed by atoms with Gasteiger partial charge in [-0.15, -0.1) is 0 Å². The number of nitrogens with zero attached hydrogens (tertiary/aromatic N) is 2. The number of anilines is 1. The maximum absolute atomic E-state index is 4.25. The van der Waals surface area contributed by atoms with Crippen molar-refractivity contribution in [3.8, 4) is 0 Å². The van der Waals surface area contributed by atoms with Gasteiger partial charge in [-0.25, -0.2) is 4.98 Å². The van der Waals surface area contributed by atoms with E-state index in [0.717, 1.165) is 11.5 Å². The van der Waals surface area contributed by atoms with Crippen molar-refractivity contribution in [2.75, 3.05) is 5.32 Å². The summed E-state index contributed by atoms with van der Waals surface area (Å²) >= 11 is 0. The Bertz CT molecular complexity index is 320. The molecule has 1 N–H and O–H groups in total. The van der Waals surface area contributed by atoms with E-state index in [1.807, 2.05) is 6.92 Å². The SMILES string of the molecule is Cc1nccnc1NC1CC1(C)C. The molecule has 0 spiro atoms. The van der Waals surface area contributed by atoms with Crippen molar-refractivity contribution >= 4 is 5.82 Å². The van der Waals surface area contributed by atoms with E-state index in [0.29, 0.717) is 11.5 Å². The van der Waals surface area contributed by atoms with Crippen LogP contribution in [0.3, 0.4) is 0 Å². The summed E-state index contributed by atoms with van der Waals surface area (Å²) < 4.78 is 0. The van der Waals surface area contributed by atoms with E-state index in [1.165, 1.54) is 6.42 Å². The summed E-state index contributed by atoms with van der Waals surface area (Å²) in [5, 5.41) is 3.40. The van der Waals surface area contributed by atoms with Crippen molar-refractivity contribution in [1.29, 1.82) is 0 Å². The van der Waals surface area contributed by atoms with Crippen molar-refractivity contribution in [3.63, 3.8) is 0 Å². The van der Waals surface area contributed by atoms with Gasteiger partial charge >= 0.3 is 0 Å². The van der Waals surface area contributed by atoms with E-state index < -0.39 is 0 Å². The second kappa shape index (κ2) is 2.69. The molecule has 70 valence electrons. The topological polar surface area (TPSA) is 37.8 Å². The lowest BCUT2D eigenvalue weighted by Gasteiger charge is -2.08. The maximum atomic E-state index is 4.25. The maximum Gasteiger partial charge on any atom is 0.147 e. The standard InChI is InChI=1S/C10H15N3/c1-7-9(12-5-4-11-7)13-8-6-10(8,2)3/h4-5,8H,6H2,1-3H3,(H,12,13). The Balaban J connectivity index is 2.07. The Labute approximate surface area is 78.6 Å². The number of hydrogen-bond acceptors (Lipinski definition) is 3. The van der Waals surface area contributed by atoms with E-state index in [1.54, 1.807) is 12.4 Å². The van der Waals surface area contributed by atoms with Crippen molar-refractivity contribution < 1.29 is 0 Å². The van der Waals surface area contributed by atoms with Crippen LogP contribution in [0.5, 0.6) is 0 Å². The summed E-state index contributed by atoms with van der Waals surface area (Å²) in [6, 6.07) is 0.572. The predicted octanol–water partition coefficient (Wildman–Crippen LogP) is 2.00. The first kappa shape index (κ1) is 8.48. The average Bonchev–Trinajstić information content (AvgIpc) is 2.64. The molecule has 13 heavy (non-hydrogen) atoms. The quantitative estimate of drug-likeness (QED) is 0.750. The molecule has 1 aromatic heterocycles. The van der Waals surface area contributed by atoms with E-state index in [-0.39, 0.29) is 0 Å². The fourth-order valence-corrected chi connectivity index (χ4v) is 1.43. The minimum atomic E-state index is 0.434. The zero-order valence-electron chi connectivity index (χ0n) is 8.33. The number of nitrogens with one attached hydrogen (secondary N) is 1. The van der Waals surface area contributed by atoms with Gasteiger partial charge in [-0.3, -0.25) is 4.98 Å². The molecule has 2 rings (SSSR count). The molecular weight excluding hydrogens is 162 g/mol. The highest BCUT2D eigenvalue weighted by molar-refractivity contribution is 5.42. The Morgan fingerprint density at radius 3 is 2.54 bits per heavy atom. The minimum Gasteiger partial charge on any atom is -0.365 e. The van der Waals surface area contributed by atoms with Gasteiger partial charge in [0.1, 0.15) is 5.82 Å². The summed E-state index contributed by atoms with van der Waals surface area (Å²) in [6.45, 7) is 6.50. The first-order valence-corrected chi connectivity index (χ1v) is 4.64. The van der Waals surface area contributed by atoms with Crippen LogP contribution in [0.4, 0.5) is 5.82 Å². The highest BCUT2D eigenvalue weighted by Crippen LogP contribution is 2.46. The molecule has 3 nitrogen and oxygen atoms in total. The van der Waals surface area contributed by atoms with Crippen LogP contribution in [0.25, 0.3) is 0 Å². The van der Waals surface area contributed by atoms with Gasteiger partial charge in [0, 0.05) is 18.4 Å². The van der Waals surface area contributed by atoms with Crippen molar-refractivity contribution in [3.05, 3.63) is 18.1 Å². The third kappa shape index (κ3) is 1.64. The highest BCUT2D eigenvalue weighted by atomic mass is 15.1. The lowest BCUT2D eigenvalue weighted by Crippen LogP contribution is -2.11. The van der Waals surface area contributed by atoms with Crippen molar-refractivity contribution in [1.82, 2.24) is 9.97 Å². The summed E-state index contributed by atoms with van der Waals surface area (Å²) in [4.78, 5) is 8.43. The van der Waals surface area contributed by atoms with Crippen molar-refractivity contribution in [2.45, 2.75) is 33.2 Å². The van der Waals surface area contributed by atoms with Crippen LogP contribution < -0.4 is 5.32 Å². The molecule has 0 saturated heterocycles. The fourth-order valence-electron chi connectivity index (χ4n) is 1.43. The summed E-state index contributed by atoms with van der Waals surface area (Å²) in [7, 11) is 0. The van der Waals surface area contributed by atoms with Gasteiger partial charge in [-0.2, -0.15) is 0 Å². The van der Waals surface area contributed by atoms with Gasteiger partial charge in [-0.1, -0.05) is 13.8 Å². The van der Waals surface area contributed by atoms with Gasteiger partial charge in [-0.05, 0) is 18.8 Å². The third-order valence-corrected chi connectivity index (χ3v) is 2.71. The number of rotatable bonds is 2. The molecule has 1 aliphatic carbocycles. The van der Waals surface area contributed by atoms with Crippen LogP contribution in [-0.4, -0.2) is 16.0 Å². The minimum absolute atomic E-state index is 0.434. The van der Waals surface area contributed by atoms with Gasteiger partial charge in [0.25, 0.3) is 0 Å². The molecule has 0 amide bonds. The first-order valence-electron chi connectivity index (χ1n) is 4.64. The van der Waals surface area contributed by atoms with E-state index in [9.17, 15) is 0 Å². The lowest BCUT2D eigenvalue weighted by molar-refractivity contribution is 0.629. The molecule has 1 heterocycles. The van der Waals surface area contributed by atoms with Crippen LogP contribution in [-0.2, 0) is 0 Å². The van der Waals surface area contributed by atoms with Gasteiger partial charge < -0.3 is 5.32 Å². The zero-order valence-corrected chi connectivity index (χ0v) is 8.33. The van der Waals surface area contributed by atoms with E-state index in [2.05, 4.69) is 29.1 Å². The smallest absolute Gasteiger partial charge is 0.147 e. The van der Waals surface area contributed by atoms with Crippen LogP contribution in [0, 0.1) is 12.3 Å². The molecule has 3 heteroatoms. The summed E-state index contributed by atoms with van der Waals surface area (Å²) in [5.74, 6) is 0.929. The van der Waals surface area contributed by atoms with Crippen LogP contribution >= 0.6 is 0 Å². The molecule has 1 aromatic rings. The molecule has 1 unspecified atom stereocenters.